The molecule has 152 valence electrons. The Balaban J connectivity index is 1.41. The number of carbonyl (C=O) groups excluding carboxylic acids is 2. The molecule has 3 saturated heterocycles. The highest BCUT2D eigenvalue weighted by molar-refractivity contribution is 5.94. The van der Waals surface area contributed by atoms with Crippen molar-refractivity contribution in [2.24, 2.45) is 5.92 Å². The Morgan fingerprint density at radius 1 is 1.18 bits per heavy atom. The number of aliphatic hydroxyl groups excluding tert-OH is 1. The summed E-state index contributed by atoms with van der Waals surface area (Å²) < 4.78 is 0. The number of carbonyl (C=O) groups is 2. The van der Waals surface area contributed by atoms with E-state index >= 15 is 0 Å². The van der Waals surface area contributed by atoms with Crippen LogP contribution >= 0.6 is 0 Å². The quantitative estimate of drug-likeness (QED) is 0.820. The second-order valence-electron chi connectivity index (χ2n) is 8.72. The number of nitrogens with zero attached hydrogens (tertiary/aromatic N) is 3. The molecule has 2 bridgehead atoms. The van der Waals surface area contributed by atoms with Crippen molar-refractivity contribution in [2.75, 3.05) is 18.0 Å². The van der Waals surface area contributed by atoms with Gasteiger partial charge in [-0.05, 0) is 44.2 Å². The molecule has 0 aromatic carbocycles. The zero-order chi connectivity index (χ0) is 19.8. The predicted octanol–water partition coefficient (Wildman–Crippen LogP) is 1.56. The van der Waals surface area contributed by atoms with Crippen molar-refractivity contribution in [3.05, 3.63) is 23.9 Å². The smallest absolute Gasteiger partial charge is 0.255 e. The van der Waals surface area contributed by atoms with E-state index in [-0.39, 0.29) is 23.8 Å². The summed E-state index contributed by atoms with van der Waals surface area (Å²) in [5.74, 6) is 0.998. The van der Waals surface area contributed by atoms with Crippen LogP contribution in [0.3, 0.4) is 0 Å². The van der Waals surface area contributed by atoms with E-state index in [0.717, 1.165) is 31.5 Å². The minimum absolute atomic E-state index is 0.0131. The molecule has 7 nitrogen and oxygen atoms in total. The maximum atomic E-state index is 12.5. The van der Waals surface area contributed by atoms with Crippen molar-refractivity contribution in [3.8, 4) is 0 Å². The highest BCUT2D eigenvalue weighted by Gasteiger charge is 2.42. The lowest BCUT2D eigenvalue weighted by molar-refractivity contribution is -0.124. The lowest BCUT2D eigenvalue weighted by atomic mass is 9.96. The Labute approximate surface area is 166 Å². The van der Waals surface area contributed by atoms with Crippen LogP contribution in [0, 0.1) is 5.92 Å². The van der Waals surface area contributed by atoms with Gasteiger partial charge in [-0.3, -0.25) is 9.59 Å². The number of piperidine rings is 1. The number of rotatable bonds is 4. The molecular weight excluding hydrogens is 356 g/mol. The molecule has 1 aromatic rings. The Hall–Kier alpha value is -2.15. The number of likely N-dealkylation sites (tertiary alicyclic amines) is 1. The van der Waals surface area contributed by atoms with E-state index in [1.54, 1.807) is 11.1 Å². The summed E-state index contributed by atoms with van der Waals surface area (Å²) in [4.78, 5) is 33.2. The van der Waals surface area contributed by atoms with Crippen molar-refractivity contribution in [1.82, 2.24) is 15.2 Å². The molecule has 28 heavy (non-hydrogen) atoms. The average molecular weight is 386 g/mol. The van der Waals surface area contributed by atoms with Crippen LogP contribution in [0.15, 0.2) is 18.3 Å². The van der Waals surface area contributed by atoms with E-state index in [4.69, 9.17) is 0 Å². The first kappa shape index (κ1) is 19.2. The second kappa shape index (κ2) is 7.70. The summed E-state index contributed by atoms with van der Waals surface area (Å²) in [5, 5.41) is 12.8. The molecule has 4 rings (SSSR count). The Kier molecular flexibility index (Phi) is 5.27. The summed E-state index contributed by atoms with van der Waals surface area (Å²) in [6.07, 6.45) is 6.02. The van der Waals surface area contributed by atoms with Gasteiger partial charge in [0.25, 0.3) is 5.91 Å². The van der Waals surface area contributed by atoms with Gasteiger partial charge in [-0.1, -0.05) is 13.8 Å². The fraction of sp³-hybridized carbons (Fsp3) is 0.667. The number of nitrogens with one attached hydrogen (secondary N) is 1. The predicted molar refractivity (Wildman–Crippen MR) is 106 cm³/mol. The topological polar surface area (TPSA) is 85.8 Å². The van der Waals surface area contributed by atoms with Gasteiger partial charge in [0, 0.05) is 43.3 Å². The van der Waals surface area contributed by atoms with Gasteiger partial charge in [-0.15, -0.1) is 0 Å². The number of amides is 2. The molecule has 0 radical (unpaired) electrons. The number of β-amino-alcohol motifs (C(OH)–C–C–N with tert-alkyl or cyclic N) is 1. The lowest BCUT2D eigenvalue weighted by Crippen LogP contribution is -2.51. The van der Waals surface area contributed by atoms with Gasteiger partial charge in [0.15, 0.2) is 0 Å². The maximum absolute atomic E-state index is 12.5. The van der Waals surface area contributed by atoms with Crippen molar-refractivity contribution in [1.29, 1.82) is 0 Å². The van der Waals surface area contributed by atoms with Crippen molar-refractivity contribution >= 4 is 17.6 Å². The monoisotopic (exact) mass is 386 g/mol. The number of aliphatic hydroxyl groups is 1. The summed E-state index contributed by atoms with van der Waals surface area (Å²) in [6, 6.07) is 4.81. The molecule has 3 aliphatic rings. The highest BCUT2D eigenvalue weighted by atomic mass is 16.3. The molecule has 1 aromatic heterocycles. The molecule has 3 aliphatic heterocycles. The van der Waals surface area contributed by atoms with Crippen LogP contribution in [-0.2, 0) is 4.79 Å². The van der Waals surface area contributed by atoms with Gasteiger partial charge in [0.1, 0.15) is 5.82 Å². The third kappa shape index (κ3) is 3.72. The summed E-state index contributed by atoms with van der Waals surface area (Å²) in [6.45, 7) is 4.85. The van der Waals surface area contributed by atoms with Gasteiger partial charge in [0.05, 0.1) is 11.7 Å². The lowest BCUT2D eigenvalue weighted by Gasteiger charge is -2.40. The molecule has 2 unspecified atom stereocenters. The van der Waals surface area contributed by atoms with Gasteiger partial charge < -0.3 is 20.2 Å². The first-order valence-corrected chi connectivity index (χ1v) is 10.4. The van der Waals surface area contributed by atoms with E-state index < -0.39 is 6.10 Å². The third-order valence-electron chi connectivity index (χ3n) is 6.31. The first-order valence-electron chi connectivity index (χ1n) is 10.4. The highest BCUT2D eigenvalue weighted by Crippen LogP contribution is 2.38. The molecule has 2 N–H and O–H groups in total. The zero-order valence-electron chi connectivity index (χ0n) is 16.7. The molecular formula is C21H30N4O3. The minimum atomic E-state index is -0.413. The van der Waals surface area contributed by atoms with Crippen LogP contribution in [0.25, 0.3) is 0 Å². The summed E-state index contributed by atoms with van der Waals surface area (Å²) in [5.41, 5.74) is 0.573. The third-order valence-corrected chi connectivity index (χ3v) is 6.31. The van der Waals surface area contributed by atoms with Crippen LogP contribution < -0.4 is 10.2 Å². The van der Waals surface area contributed by atoms with Gasteiger partial charge >= 0.3 is 0 Å². The van der Waals surface area contributed by atoms with E-state index in [1.165, 1.54) is 0 Å². The van der Waals surface area contributed by atoms with Crippen LogP contribution in [0.2, 0.25) is 0 Å². The number of fused-ring (bicyclic) bond motifs is 2. The average Bonchev–Trinajstić information content (AvgIpc) is 3.22. The van der Waals surface area contributed by atoms with E-state index in [2.05, 4.69) is 15.2 Å². The fourth-order valence-corrected chi connectivity index (χ4v) is 4.81. The number of hydrogen-bond donors (Lipinski definition) is 2. The maximum Gasteiger partial charge on any atom is 0.255 e. The van der Waals surface area contributed by atoms with Gasteiger partial charge in [-0.2, -0.15) is 0 Å². The molecule has 2 amide bonds. The zero-order valence-corrected chi connectivity index (χ0v) is 16.7. The SMILES string of the molecule is CC(C)C(=O)NC1CC2CCC(C1)N2c1ccc(C(=O)N2CC[C@H](O)C2)cn1. The van der Waals surface area contributed by atoms with Crippen LogP contribution in [0.5, 0.6) is 0 Å². The van der Waals surface area contributed by atoms with Crippen LogP contribution in [0.1, 0.15) is 56.3 Å². The molecule has 0 aliphatic carbocycles. The van der Waals surface area contributed by atoms with Crippen LogP contribution in [-0.4, -0.2) is 64.1 Å². The van der Waals surface area contributed by atoms with Crippen molar-refractivity contribution < 1.29 is 14.7 Å². The molecule has 3 atom stereocenters. The van der Waals surface area contributed by atoms with E-state index in [9.17, 15) is 14.7 Å². The molecule has 4 heterocycles. The van der Waals surface area contributed by atoms with Crippen molar-refractivity contribution in [2.45, 2.75) is 70.2 Å². The van der Waals surface area contributed by atoms with E-state index in [0.29, 0.717) is 37.2 Å². The first-order chi connectivity index (χ1) is 13.4. The normalized spacial score (nSPS) is 29.4. The summed E-state index contributed by atoms with van der Waals surface area (Å²) in [7, 11) is 0. The summed E-state index contributed by atoms with van der Waals surface area (Å²) >= 11 is 0. The molecule has 0 spiro atoms. The Morgan fingerprint density at radius 3 is 2.43 bits per heavy atom. The van der Waals surface area contributed by atoms with Crippen molar-refractivity contribution in [3.63, 3.8) is 0 Å². The van der Waals surface area contributed by atoms with Gasteiger partial charge in [-0.25, -0.2) is 4.98 Å². The number of pyridine rings is 1. The Morgan fingerprint density at radius 2 is 1.89 bits per heavy atom. The standard InChI is InChI=1S/C21H30N4O3/c1-13(2)20(27)23-15-9-16-4-5-17(10-15)25(16)19-6-3-14(11-22-19)21(28)24-8-7-18(26)12-24/h3,6,11,13,15-18,26H,4-5,7-10,12H2,1-2H3,(H,23,27)/t15?,16?,17?,18-/m0/s1. The van der Waals surface area contributed by atoms with Gasteiger partial charge in [0.2, 0.25) is 5.91 Å². The fourth-order valence-electron chi connectivity index (χ4n) is 4.81. The number of anilines is 1. The molecule has 7 heteroatoms. The Bertz CT molecular complexity index is 722. The molecule has 3 fully saturated rings. The van der Waals surface area contributed by atoms with Crippen LogP contribution in [0.4, 0.5) is 5.82 Å². The number of hydrogen-bond acceptors (Lipinski definition) is 5. The second-order valence-corrected chi connectivity index (χ2v) is 8.72. The van der Waals surface area contributed by atoms with E-state index in [1.807, 2.05) is 26.0 Å². The minimum Gasteiger partial charge on any atom is -0.391 e. The molecule has 0 saturated carbocycles. The largest absolute Gasteiger partial charge is 0.391 e. The number of aromatic nitrogens is 1.